The number of halogens is 2. The van der Waals surface area contributed by atoms with Crippen LogP contribution >= 0.6 is 27.5 Å². The summed E-state index contributed by atoms with van der Waals surface area (Å²) in [6.07, 6.45) is 1.46. The third kappa shape index (κ3) is 6.80. The molecule has 0 radical (unpaired) electrons. The maximum atomic E-state index is 13.4. The van der Waals surface area contributed by atoms with Crippen LogP contribution in [0.1, 0.15) is 33.3 Å². The van der Waals surface area contributed by atoms with Crippen molar-refractivity contribution in [1.82, 2.24) is 10.4 Å². The second kappa shape index (κ2) is 14.4. The van der Waals surface area contributed by atoms with E-state index in [4.69, 9.17) is 35.3 Å². The molecule has 236 valence electrons. The van der Waals surface area contributed by atoms with Crippen LogP contribution in [0.15, 0.2) is 82.4 Å². The molecule has 1 aromatic heterocycles. The molecule has 12 heteroatoms. The second-order valence-corrected chi connectivity index (χ2v) is 11.0. The lowest BCUT2D eigenvalue weighted by Crippen LogP contribution is -2.18. The summed E-state index contributed by atoms with van der Waals surface area (Å²) in [6.45, 7) is 2.12. The van der Waals surface area contributed by atoms with Crippen molar-refractivity contribution in [2.24, 2.45) is 5.10 Å². The molecule has 1 heterocycles. The highest BCUT2D eigenvalue weighted by Crippen LogP contribution is 2.40. The summed E-state index contributed by atoms with van der Waals surface area (Å²) < 4.78 is 28.2. The number of hydrogen-bond donors (Lipinski definition) is 2. The van der Waals surface area contributed by atoms with Crippen LogP contribution in [0.25, 0.3) is 22.0 Å². The smallest absolute Gasteiger partial charge is 0.343 e. The minimum atomic E-state index is -0.659. The van der Waals surface area contributed by atoms with Crippen LogP contribution in [-0.2, 0) is 0 Å². The number of hydrogen-bond acceptors (Lipinski definition) is 8. The average Bonchev–Trinajstić information content (AvgIpc) is 3.45. The maximum absolute atomic E-state index is 13.4. The predicted molar refractivity (Wildman–Crippen MR) is 180 cm³/mol. The Bertz CT molecular complexity index is 1920. The van der Waals surface area contributed by atoms with E-state index in [-0.39, 0.29) is 11.3 Å². The van der Waals surface area contributed by atoms with Gasteiger partial charge in [0.2, 0.25) is 5.75 Å². The number of nitrogens with one attached hydrogen (secondary N) is 2. The number of esters is 1. The first kappa shape index (κ1) is 32.4. The molecule has 0 saturated heterocycles. The van der Waals surface area contributed by atoms with Crippen LogP contribution in [0.4, 0.5) is 0 Å². The SMILES string of the molecule is CCOc1cc(C=NNC(=O)c2[nH]c3c(Cl)cc(Br)cc3c2-c2ccccc2)ccc1OC(=O)c1cc(OC)c(OC)c(OC)c1. The van der Waals surface area contributed by atoms with E-state index in [1.54, 1.807) is 31.2 Å². The van der Waals surface area contributed by atoms with Gasteiger partial charge < -0.3 is 28.7 Å². The van der Waals surface area contributed by atoms with Gasteiger partial charge in [-0.15, -0.1) is 0 Å². The minimum Gasteiger partial charge on any atom is -0.493 e. The van der Waals surface area contributed by atoms with E-state index in [2.05, 4.69) is 31.4 Å². The Morgan fingerprint density at radius 2 is 1.63 bits per heavy atom. The van der Waals surface area contributed by atoms with Gasteiger partial charge in [0, 0.05) is 15.4 Å². The Morgan fingerprint density at radius 3 is 2.28 bits per heavy atom. The Kier molecular flexibility index (Phi) is 10.1. The van der Waals surface area contributed by atoms with Crippen molar-refractivity contribution < 1.29 is 33.3 Å². The van der Waals surface area contributed by atoms with Gasteiger partial charge in [-0.05, 0) is 60.5 Å². The van der Waals surface area contributed by atoms with Gasteiger partial charge in [0.15, 0.2) is 23.0 Å². The molecule has 0 aliphatic rings. The number of carbonyl (C=O) groups is 2. The van der Waals surface area contributed by atoms with E-state index >= 15 is 0 Å². The zero-order chi connectivity index (χ0) is 32.8. The molecular formula is C34H29BrClN3O7. The lowest BCUT2D eigenvalue weighted by atomic mass is 10.0. The number of nitrogens with zero attached hydrogens (tertiary/aromatic N) is 1. The van der Waals surface area contributed by atoms with Crippen LogP contribution in [-0.4, -0.2) is 51.0 Å². The van der Waals surface area contributed by atoms with E-state index in [1.807, 2.05) is 36.4 Å². The van der Waals surface area contributed by atoms with Crippen LogP contribution in [0, 0.1) is 0 Å². The number of hydrazone groups is 1. The molecule has 0 aliphatic carbocycles. The van der Waals surface area contributed by atoms with E-state index < -0.39 is 11.9 Å². The minimum absolute atomic E-state index is 0.186. The number of fused-ring (bicyclic) bond motifs is 1. The molecule has 0 unspecified atom stereocenters. The van der Waals surface area contributed by atoms with Crippen LogP contribution in [0.2, 0.25) is 5.02 Å². The van der Waals surface area contributed by atoms with Crippen molar-refractivity contribution >= 4 is 56.5 Å². The Hall–Kier alpha value is -5.00. The summed E-state index contributed by atoms with van der Waals surface area (Å²) in [5.41, 5.74) is 5.84. The fourth-order valence-corrected chi connectivity index (χ4v) is 5.69. The number of aromatic nitrogens is 1. The number of carbonyl (C=O) groups excluding carboxylic acids is 2. The molecule has 0 saturated carbocycles. The number of benzene rings is 4. The summed E-state index contributed by atoms with van der Waals surface area (Å²) in [6, 6.07) is 21.1. The lowest BCUT2D eigenvalue weighted by molar-refractivity contribution is 0.0727. The van der Waals surface area contributed by atoms with Crippen molar-refractivity contribution in [3.63, 3.8) is 0 Å². The molecule has 10 nitrogen and oxygen atoms in total. The van der Waals surface area contributed by atoms with Crippen LogP contribution in [0.5, 0.6) is 28.7 Å². The Morgan fingerprint density at radius 1 is 0.913 bits per heavy atom. The summed E-state index contributed by atoms with van der Waals surface area (Å²) in [4.78, 5) is 29.6. The molecule has 0 bridgehead atoms. The second-order valence-electron chi connectivity index (χ2n) is 9.69. The molecule has 1 amide bonds. The monoisotopic (exact) mass is 705 g/mol. The van der Waals surface area contributed by atoms with Crippen molar-refractivity contribution in [3.05, 3.63) is 99.1 Å². The number of methoxy groups -OCH3 is 3. The van der Waals surface area contributed by atoms with Gasteiger partial charge >= 0.3 is 5.97 Å². The number of aromatic amines is 1. The van der Waals surface area contributed by atoms with Crippen LogP contribution < -0.4 is 29.1 Å². The standard InChI is InChI=1S/C34H29BrClN3O7/c1-5-45-26-13-19(11-12-25(26)46-34(41)21-14-27(42-2)32(44-4)28(15-21)43-3)18-37-39-33(40)31-29(20-9-7-6-8-10-20)23-16-22(35)17-24(36)30(23)38-31/h6-18,38H,5H2,1-4H3,(H,39,40). The first-order chi connectivity index (χ1) is 22.3. The van der Waals surface area contributed by atoms with Gasteiger partial charge in [-0.2, -0.15) is 5.10 Å². The van der Waals surface area contributed by atoms with Crippen molar-refractivity contribution in [1.29, 1.82) is 0 Å². The first-order valence-corrected chi connectivity index (χ1v) is 15.1. The molecule has 4 aromatic carbocycles. The number of rotatable bonds is 11. The largest absolute Gasteiger partial charge is 0.493 e. The first-order valence-electron chi connectivity index (χ1n) is 14.0. The summed E-state index contributed by atoms with van der Waals surface area (Å²) in [5, 5.41) is 5.43. The zero-order valence-electron chi connectivity index (χ0n) is 25.3. The van der Waals surface area contributed by atoms with Gasteiger partial charge in [0.1, 0.15) is 5.69 Å². The van der Waals surface area contributed by atoms with E-state index in [0.29, 0.717) is 57.0 Å². The number of amides is 1. The van der Waals surface area contributed by atoms with E-state index in [0.717, 1.165) is 15.4 Å². The van der Waals surface area contributed by atoms with Gasteiger partial charge in [-0.25, -0.2) is 10.2 Å². The third-order valence-electron chi connectivity index (χ3n) is 6.86. The highest BCUT2D eigenvalue weighted by atomic mass is 79.9. The van der Waals surface area contributed by atoms with Crippen LogP contribution in [0.3, 0.4) is 0 Å². The maximum Gasteiger partial charge on any atom is 0.343 e. The zero-order valence-corrected chi connectivity index (χ0v) is 27.6. The molecule has 2 N–H and O–H groups in total. The molecular weight excluding hydrogens is 678 g/mol. The van der Waals surface area contributed by atoms with Gasteiger partial charge in [0.05, 0.1) is 50.3 Å². The molecule has 0 aliphatic heterocycles. The van der Waals surface area contributed by atoms with Gasteiger partial charge in [0.25, 0.3) is 5.91 Å². The lowest BCUT2D eigenvalue weighted by Gasteiger charge is -2.15. The average molecular weight is 707 g/mol. The van der Waals surface area contributed by atoms with Crippen molar-refractivity contribution in [2.75, 3.05) is 27.9 Å². The quantitative estimate of drug-likeness (QED) is 0.0626. The van der Waals surface area contributed by atoms with Crippen molar-refractivity contribution in [3.8, 4) is 39.9 Å². The van der Waals surface area contributed by atoms with Gasteiger partial charge in [-0.3, -0.25) is 4.79 Å². The molecule has 0 spiro atoms. The molecule has 0 fully saturated rings. The van der Waals surface area contributed by atoms with Crippen molar-refractivity contribution in [2.45, 2.75) is 6.92 Å². The molecule has 5 rings (SSSR count). The molecule has 0 atom stereocenters. The summed E-state index contributed by atoms with van der Waals surface area (Å²) in [7, 11) is 4.39. The molecule has 5 aromatic rings. The number of H-pyrrole nitrogens is 1. The van der Waals surface area contributed by atoms with Gasteiger partial charge in [-0.1, -0.05) is 57.9 Å². The number of ether oxygens (including phenoxy) is 5. The highest BCUT2D eigenvalue weighted by molar-refractivity contribution is 9.10. The molecule has 46 heavy (non-hydrogen) atoms. The van der Waals surface area contributed by atoms with E-state index in [9.17, 15) is 9.59 Å². The predicted octanol–water partition coefficient (Wildman–Crippen LogP) is 7.66. The Labute approximate surface area is 278 Å². The Balaban J connectivity index is 1.37. The highest BCUT2D eigenvalue weighted by Gasteiger charge is 2.22. The fraction of sp³-hybridized carbons (Fsp3) is 0.147. The normalized spacial score (nSPS) is 11.0. The van der Waals surface area contributed by atoms with E-state index in [1.165, 1.54) is 39.7 Å². The summed E-state index contributed by atoms with van der Waals surface area (Å²) >= 11 is 9.99. The summed E-state index contributed by atoms with van der Waals surface area (Å²) in [5.74, 6) is 0.354. The third-order valence-corrected chi connectivity index (χ3v) is 7.62. The fourth-order valence-electron chi connectivity index (χ4n) is 4.83. The topological polar surface area (TPSA) is 120 Å².